The Kier molecular flexibility index (Phi) is 2.99. The molecule has 0 saturated heterocycles. The Hall–Kier alpha value is -2.56. The number of carbonyl (C=O) groups is 1. The number of hydrogen-bond acceptors (Lipinski definition) is 3. The Labute approximate surface area is 126 Å². The van der Waals surface area contributed by atoms with Gasteiger partial charge in [0.15, 0.2) is 5.78 Å². The van der Waals surface area contributed by atoms with E-state index in [1.807, 2.05) is 12.1 Å². The molecule has 0 radical (unpaired) electrons. The SMILES string of the molecule is O=C(Cn1ncc2ncc(-c3cccc(F)c3)cc21)C1CC1. The van der Waals surface area contributed by atoms with Crippen molar-refractivity contribution in [3.8, 4) is 11.1 Å². The van der Waals surface area contributed by atoms with E-state index in [4.69, 9.17) is 0 Å². The minimum atomic E-state index is -0.282. The summed E-state index contributed by atoms with van der Waals surface area (Å²) in [7, 11) is 0. The summed E-state index contributed by atoms with van der Waals surface area (Å²) >= 11 is 0. The van der Waals surface area contributed by atoms with Gasteiger partial charge in [0.2, 0.25) is 0 Å². The third-order valence-corrected chi connectivity index (χ3v) is 3.99. The van der Waals surface area contributed by atoms with Crippen LogP contribution in [-0.2, 0) is 11.3 Å². The number of halogens is 1. The summed E-state index contributed by atoms with van der Waals surface area (Å²) < 4.78 is 15.1. The van der Waals surface area contributed by atoms with Crippen molar-refractivity contribution in [1.29, 1.82) is 0 Å². The van der Waals surface area contributed by atoms with Crippen LogP contribution in [0.15, 0.2) is 42.7 Å². The first kappa shape index (κ1) is 13.1. The third kappa shape index (κ3) is 2.39. The monoisotopic (exact) mass is 295 g/mol. The molecule has 1 aliphatic rings. The molecule has 5 heteroatoms. The Balaban J connectivity index is 1.74. The molecule has 110 valence electrons. The molecule has 0 unspecified atom stereocenters. The first-order valence-corrected chi connectivity index (χ1v) is 7.31. The molecule has 0 aliphatic heterocycles. The van der Waals surface area contributed by atoms with E-state index in [9.17, 15) is 9.18 Å². The van der Waals surface area contributed by atoms with Crippen LogP contribution in [0.1, 0.15) is 12.8 Å². The molecule has 0 N–H and O–H groups in total. The van der Waals surface area contributed by atoms with Crippen molar-refractivity contribution >= 4 is 16.8 Å². The smallest absolute Gasteiger partial charge is 0.157 e. The first-order valence-electron chi connectivity index (χ1n) is 7.31. The average Bonchev–Trinajstić information content (AvgIpc) is 3.30. The zero-order valence-electron chi connectivity index (χ0n) is 11.9. The van der Waals surface area contributed by atoms with Gasteiger partial charge in [-0.25, -0.2) is 4.39 Å². The van der Waals surface area contributed by atoms with E-state index < -0.39 is 0 Å². The second-order valence-corrected chi connectivity index (χ2v) is 5.68. The van der Waals surface area contributed by atoms with E-state index in [1.165, 1.54) is 12.1 Å². The van der Waals surface area contributed by atoms with Gasteiger partial charge in [0.05, 0.1) is 11.7 Å². The molecule has 0 atom stereocenters. The van der Waals surface area contributed by atoms with E-state index in [0.717, 1.165) is 35.0 Å². The minimum absolute atomic E-state index is 0.207. The number of rotatable bonds is 4. The van der Waals surface area contributed by atoms with Gasteiger partial charge < -0.3 is 0 Å². The van der Waals surface area contributed by atoms with Crippen molar-refractivity contribution in [2.45, 2.75) is 19.4 Å². The van der Waals surface area contributed by atoms with Gasteiger partial charge in [0.25, 0.3) is 0 Å². The van der Waals surface area contributed by atoms with Crippen molar-refractivity contribution in [1.82, 2.24) is 14.8 Å². The molecule has 3 aromatic rings. The van der Waals surface area contributed by atoms with Gasteiger partial charge in [-0.3, -0.25) is 14.5 Å². The lowest BCUT2D eigenvalue weighted by atomic mass is 10.1. The number of pyridine rings is 1. The minimum Gasteiger partial charge on any atom is -0.297 e. The predicted octanol–water partition coefficient (Wildman–Crippen LogP) is 3.22. The van der Waals surface area contributed by atoms with Gasteiger partial charge in [-0.2, -0.15) is 5.10 Å². The number of fused-ring (bicyclic) bond motifs is 1. The maximum absolute atomic E-state index is 13.4. The fourth-order valence-electron chi connectivity index (χ4n) is 2.59. The van der Waals surface area contributed by atoms with Crippen LogP contribution in [0.3, 0.4) is 0 Å². The van der Waals surface area contributed by atoms with Gasteiger partial charge in [0, 0.05) is 17.7 Å². The third-order valence-electron chi connectivity index (χ3n) is 3.99. The van der Waals surface area contributed by atoms with Crippen LogP contribution >= 0.6 is 0 Å². The van der Waals surface area contributed by atoms with Crippen LogP contribution in [0.2, 0.25) is 0 Å². The highest BCUT2D eigenvalue weighted by atomic mass is 19.1. The molecule has 0 amide bonds. The fourth-order valence-corrected chi connectivity index (χ4v) is 2.59. The highest BCUT2D eigenvalue weighted by Crippen LogP contribution is 2.30. The van der Waals surface area contributed by atoms with Crippen LogP contribution in [0.4, 0.5) is 4.39 Å². The molecule has 2 aromatic heterocycles. The quantitative estimate of drug-likeness (QED) is 0.742. The lowest BCUT2D eigenvalue weighted by Gasteiger charge is -2.05. The van der Waals surface area contributed by atoms with E-state index in [-0.39, 0.29) is 24.1 Å². The second kappa shape index (κ2) is 5.02. The normalized spacial score (nSPS) is 14.4. The number of nitrogens with zero attached hydrogens (tertiary/aromatic N) is 3. The maximum Gasteiger partial charge on any atom is 0.157 e. The number of Topliss-reactive ketones (excluding diaryl/α,β-unsaturated/α-hetero) is 1. The molecule has 0 spiro atoms. The van der Waals surface area contributed by atoms with Gasteiger partial charge in [-0.05, 0) is 36.6 Å². The lowest BCUT2D eigenvalue weighted by Crippen LogP contribution is -2.12. The van der Waals surface area contributed by atoms with Crippen LogP contribution in [-0.4, -0.2) is 20.5 Å². The number of ketones is 1. The Bertz CT molecular complexity index is 867. The van der Waals surface area contributed by atoms with Gasteiger partial charge >= 0.3 is 0 Å². The highest BCUT2D eigenvalue weighted by molar-refractivity contribution is 5.86. The summed E-state index contributed by atoms with van der Waals surface area (Å²) in [6, 6.07) is 8.29. The Morgan fingerprint density at radius 1 is 1.23 bits per heavy atom. The van der Waals surface area contributed by atoms with Crippen molar-refractivity contribution in [2.75, 3.05) is 0 Å². The van der Waals surface area contributed by atoms with Crippen LogP contribution in [0.25, 0.3) is 22.2 Å². The largest absolute Gasteiger partial charge is 0.297 e. The van der Waals surface area contributed by atoms with Crippen molar-refractivity contribution in [2.24, 2.45) is 5.92 Å². The van der Waals surface area contributed by atoms with Crippen molar-refractivity contribution in [3.63, 3.8) is 0 Å². The number of benzene rings is 1. The molecule has 22 heavy (non-hydrogen) atoms. The summed E-state index contributed by atoms with van der Waals surface area (Å²) in [6.45, 7) is 0.280. The van der Waals surface area contributed by atoms with Crippen LogP contribution < -0.4 is 0 Å². The van der Waals surface area contributed by atoms with Gasteiger partial charge in [-0.1, -0.05) is 12.1 Å². The molecule has 2 heterocycles. The van der Waals surface area contributed by atoms with Gasteiger partial charge in [-0.15, -0.1) is 0 Å². The number of hydrogen-bond donors (Lipinski definition) is 0. The van der Waals surface area contributed by atoms with E-state index in [2.05, 4.69) is 10.1 Å². The summed E-state index contributed by atoms with van der Waals surface area (Å²) in [5.74, 6) is 0.148. The first-order chi connectivity index (χ1) is 10.7. The van der Waals surface area contributed by atoms with E-state index in [0.29, 0.717) is 0 Å². The Morgan fingerprint density at radius 2 is 2.09 bits per heavy atom. The standard InChI is InChI=1S/C17H14FN3O/c18-14-3-1-2-12(6-14)13-7-16-15(19-8-13)9-20-21(16)10-17(22)11-4-5-11/h1-3,6-9,11H,4-5,10H2. The summed E-state index contributed by atoms with van der Waals surface area (Å²) in [5.41, 5.74) is 3.11. The second-order valence-electron chi connectivity index (χ2n) is 5.68. The molecule has 4 nitrogen and oxygen atoms in total. The van der Waals surface area contributed by atoms with Gasteiger partial charge in [0.1, 0.15) is 17.9 Å². The summed E-state index contributed by atoms with van der Waals surface area (Å²) in [5, 5.41) is 4.26. The van der Waals surface area contributed by atoms with Crippen molar-refractivity contribution in [3.05, 3.63) is 48.5 Å². The zero-order valence-corrected chi connectivity index (χ0v) is 11.9. The number of carbonyl (C=O) groups excluding carboxylic acids is 1. The van der Waals surface area contributed by atoms with E-state index in [1.54, 1.807) is 23.1 Å². The molecular formula is C17H14FN3O. The molecule has 1 fully saturated rings. The predicted molar refractivity (Wildman–Crippen MR) is 80.7 cm³/mol. The number of aromatic nitrogens is 3. The molecule has 1 aromatic carbocycles. The molecule has 1 saturated carbocycles. The van der Waals surface area contributed by atoms with Crippen LogP contribution in [0, 0.1) is 11.7 Å². The maximum atomic E-state index is 13.4. The topological polar surface area (TPSA) is 47.8 Å². The summed E-state index contributed by atoms with van der Waals surface area (Å²) in [4.78, 5) is 16.3. The molecule has 4 rings (SSSR count). The lowest BCUT2D eigenvalue weighted by molar-refractivity contribution is -0.120. The molecule has 1 aliphatic carbocycles. The molecule has 0 bridgehead atoms. The fraction of sp³-hybridized carbons (Fsp3) is 0.235. The summed E-state index contributed by atoms with van der Waals surface area (Å²) in [6.07, 6.45) is 5.34. The average molecular weight is 295 g/mol. The zero-order chi connectivity index (χ0) is 15.1. The van der Waals surface area contributed by atoms with Crippen LogP contribution in [0.5, 0.6) is 0 Å². The Morgan fingerprint density at radius 3 is 2.86 bits per heavy atom. The highest BCUT2D eigenvalue weighted by Gasteiger charge is 2.29. The van der Waals surface area contributed by atoms with Crippen molar-refractivity contribution < 1.29 is 9.18 Å². The molecular weight excluding hydrogens is 281 g/mol. The van der Waals surface area contributed by atoms with E-state index >= 15 is 0 Å².